The van der Waals surface area contributed by atoms with Crippen LogP contribution in [0.5, 0.6) is 0 Å². The summed E-state index contributed by atoms with van der Waals surface area (Å²) in [6.45, 7) is 4.48. The first-order chi connectivity index (χ1) is 7.19. The molecular formula is C11H17FN2O. The molecule has 0 aliphatic heterocycles. The highest BCUT2D eigenvalue weighted by Crippen LogP contribution is 2.18. The molecule has 1 rings (SSSR count). The smallest absolute Gasteiger partial charge is 0.123 e. The van der Waals surface area contributed by atoms with Gasteiger partial charge in [0, 0.05) is 6.61 Å². The number of nitrogens with two attached hydrogens (primary N) is 1. The molecule has 3 nitrogen and oxygen atoms in total. The van der Waals surface area contributed by atoms with Gasteiger partial charge in [0.05, 0.1) is 12.1 Å². The zero-order chi connectivity index (χ0) is 11.3. The lowest BCUT2D eigenvalue weighted by atomic mass is 10.0. The zero-order valence-electron chi connectivity index (χ0n) is 9.03. The van der Waals surface area contributed by atoms with Gasteiger partial charge >= 0.3 is 0 Å². The Balaban J connectivity index is 2.77. The summed E-state index contributed by atoms with van der Waals surface area (Å²) >= 11 is 0. The molecule has 1 aromatic carbocycles. The Morgan fingerprint density at radius 3 is 2.47 bits per heavy atom. The van der Waals surface area contributed by atoms with Gasteiger partial charge in [0.2, 0.25) is 0 Å². The van der Waals surface area contributed by atoms with Gasteiger partial charge in [-0.1, -0.05) is 12.1 Å². The topological polar surface area (TPSA) is 47.3 Å². The summed E-state index contributed by atoms with van der Waals surface area (Å²) in [5.41, 5.74) is 3.59. The highest BCUT2D eigenvalue weighted by atomic mass is 19.1. The van der Waals surface area contributed by atoms with Crippen LogP contribution < -0.4 is 11.3 Å². The Bertz CT molecular complexity index is 289. The normalized spacial score (nSPS) is 14.9. The molecule has 0 radical (unpaired) electrons. The van der Waals surface area contributed by atoms with Gasteiger partial charge in [-0.15, -0.1) is 0 Å². The van der Waals surface area contributed by atoms with E-state index in [-0.39, 0.29) is 18.0 Å². The third-order valence-corrected chi connectivity index (χ3v) is 2.31. The molecule has 0 bridgehead atoms. The van der Waals surface area contributed by atoms with Gasteiger partial charge in [0.15, 0.2) is 0 Å². The van der Waals surface area contributed by atoms with Crippen molar-refractivity contribution in [1.82, 2.24) is 5.43 Å². The standard InChI is InChI=1S/C11H17FN2O/c1-3-15-8(2)11(14-13)9-4-6-10(12)7-5-9/h4-8,11,14H,3,13H2,1-2H3. The Morgan fingerprint density at radius 2 is 2.00 bits per heavy atom. The van der Waals surface area contributed by atoms with Crippen molar-refractivity contribution < 1.29 is 9.13 Å². The fourth-order valence-electron chi connectivity index (χ4n) is 1.53. The van der Waals surface area contributed by atoms with Crippen molar-refractivity contribution in [3.05, 3.63) is 35.6 Å². The molecule has 0 aromatic heterocycles. The maximum Gasteiger partial charge on any atom is 0.123 e. The number of hydrogen-bond acceptors (Lipinski definition) is 3. The van der Waals surface area contributed by atoms with Crippen LogP contribution in [-0.4, -0.2) is 12.7 Å². The number of hydrogen-bond donors (Lipinski definition) is 2. The minimum atomic E-state index is -0.251. The van der Waals surface area contributed by atoms with Crippen molar-refractivity contribution in [2.45, 2.75) is 26.0 Å². The lowest BCUT2D eigenvalue weighted by Gasteiger charge is -2.23. The van der Waals surface area contributed by atoms with Crippen molar-refractivity contribution >= 4 is 0 Å². The molecule has 15 heavy (non-hydrogen) atoms. The number of halogens is 1. The minimum absolute atomic E-state index is 0.0505. The molecule has 0 spiro atoms. The molecule has 0 amide bonds. The van der Waals surface area contributed by atoms with Gasteiger partial charge < -0.3 is 4.74 Å². The van der Waals surface area contributed by atoms with E-state index < -0.39 is 0 Å². The number of rotatable bonds is 5. The van der Waals surface area contributed by atoms with Crippen LogP contribution in [0.4, 0.5) is 4.39 Å². The lowest BCUT2D eigenvalue weighted by Crippen LogP contribution is -2.36. The second kappa shape index (κ2) is 5.80. The second-order valence-electron chi connectivity index (χ2n) is 3.36. The van der Waals surface area contributed by atoms with Crippen molar-refractivity contribution in [2.75, 3.05) is 6.61 Å². The van der Waals surface area contributed by atoms with Crippen LogP contribution in [0, 0.1) is 5.82 Å². The van der Waals surface area contributed by atoms with Crippen molar-refractivity contribution in [3.63, 3.8) is 0 Å². The fourth-order valence-corrected chi connectivity index (χ4v) is 1.53. The van der Waals surface area contributed by atoms with Crippen molar-refractivity contribution in [1.29, 1.82) is 0 Å². The number of hydrazine groups is 1. The summed E-state index contributed by atoms with van der Waals surface area (Å²) in [5, 5.41) is 0. The highest BCUT2D eigenvalue weighted by molar-refractivity contribution is 5.20. The summed E-state index contributed by atoms with van der Waals surface area (Å²) in [7, 11) is 0. The van der Waals surface area contributed by atoms with Gasteiger partial charge in [-0.05, 0) is 31.5 Å². The van der Waals surface area contributed by atoms with E-state index in [2.05, 4.69) is 5.43 Å². The third-order valence-electron chi connectivity index (χ3n) is 2.31. The summed E-state index contributed by atoms with van der Waals surface area (Å²) in [5.74, 6) is 5.20. The van der Waals surface area contributed by atoms with Crippen LogP contribution >= 0.6 is 0 Å². The summed E-state index contributed by atoms with van der Waals surface area (Å²) in [4.78, 5) is 0. The zero-order valence-corrected chi connectivity index (χ0v) is 9.03. The largest absolute Gasteiger partial charge is 0.377 e. The van der Waals surface area contributed by atoms with Crippen LogP contribution in [0.25, 0.3) is 0 Å². The van der Waals surface area contributed by atoms with E-state index in [1.807, 2.05) is 13.8 Å². The molecule has 0 saturated heterocycles. The molecule has 0 aliphatic carbocycles. The summed E-state index contributed by atoms with van der Waals surface area (Å²) in [6.07, 6.45) is -0.0505. The van der Waals surface area contributed by atoms with E-state index in [0.717, 1.165) is 5.56 Å². The molecular weight excluding hydrogens is 195 g/mol. The van der Waals surface area contributed by atoms with Gasteiger partial charge in [-0.2, -0.15) is 0 Å². The number of benzene rings is 1. The van der Waals surface area contributed by atoms with Crippen molar-refractivity contribution in [2.24, 2.45) is 5.84 Å². The van der Waals surface area contributed by atoms with Gasteiger partial charge in [0.25, 0.3) is 0 Å². The molecule has 1 aromatic rings. The quantitative estimate of drug-likeness (QED) is 0.577. The summed E-state index contributed by atoms with van der Waals surface area (Å²) in [6, 6.07) is 6.12. The van der Waals surface area contributed by atoms with E-state index in [4.69, 9.17) is 10.6 Å². The van der Waals surface area contributed by atoms with Gasteiger partial charge in [-0.3, -0.25) is 11.3 Å². The first kappa shape index (κ1) is 12.1. The average Bonchev–Trinajstić information content (AvgIpc) is 2.22. The Kier molecular flexibility index (Phi) is 4.68. The van der Waals surface area contributed by atoms with Gasteiger partial charge in [0.1, 0.15) is 5.82 Å². The maximum atomic E-state index is 12.7. The first-order valence-electron chi connectivity index (χ1n) is 5.02. The maximum absolute atomic E-state index is 12.7. The van der Waals surface area contributed by atoms with E-state index in [9.17, 15) is 4.39 Å². The van der Waals surface area contributed by atoms with E-state index in [0.29, 0.717) is 6.61 Å². The molecule has 3 N–H and O–H groups in total. The minimum Gasteiger partial charge on any atom is -0.377 e. The monoisotopic (exact) mass is 212 g/mol. The molecule has 0 fully saturated rings. The molecule has 0 saturated carbocycles. The summed E-state index contributed by atoms with van der Waals surface area (Å²) < 4.78 is 18.2. The average molecular weight is 212 g/mol. The predicted molar refractivity (Wildman–Crippen MR) is 57.6 cm³/mol. The predicted octanol–water partition coefficient (Wildman–Crippen LogP) is 1.76. The van der Waals surface area contributed by atoms with Crippen LogP contribution in [0.15, 0.2) is 24.3 Å². The highest BCUT2D eigenvalue weighted by Gasteiger charge is 2.17. The Morgan fingerprint density at radius 1 is 1.40 bits per heavy atom. The Hall–Kier alpha value is -0.970. The van der Waals surface area contributed by atoms with E-state index in [1.54, 1.807) is 12.1 Å². The molecule has 2 atom stereocenters. The molecule has 84 valence electrons. The molecule has 0 heterocycles. The van der Waals surface area contributed by atoms with E-state index >= 15 is 0 Å². The van der Waals surface area contributed by atoms with Crippen LogP contribution in [0.1, 0.15) is 25.5 Å². The van der Waals surface area contributed by atoms with Crippen molar-refractivity contribution in [3.8, 4) is 0 Å². The molecule has 0 aliphatic rings. The van der Waals surface area contributed by atoms with E-state index in [1.165, 1.54) is 12.1 Å². The second-order valence-corrected chi connectivity index (χ2v) is 3.36. The fraction of sp³-hybridized carbons (Fsp3) is 0.455. The number of ether oxygens (including phenoxy) is 1. The SMILES string of the molecule is CCOC(C)C(NN)c1ccc(F)cc1. The van der Waals surface area contributed by atoms with Crippen LogP contribution in [0.2, 0.25) is 0 Å². The first-order valence-corrected chi connectivity index (χ1v) is 5.02. The molecule has 4 heteroatoms. The van der Waals surface area contributed by atoms with Crippen LogP contribution in [0.3, 0.4) is 0 Å². The van der Waals surface area contributed by atoms with Crippen LogP contribution in [-0.2, 0) is 4.74 Å². The molecule has 2 unspecified atom stereocenters. The Labute approximate surface area is 89.4 Å². The lowest BCUT2D eigenvalue weighted by molar-refractivity contribution is 0.0472. The third kappa shape index (κ3) is 3.27. The van der Waals surface area contributed by atoms with Gasteiger partial charge in [-0.25, -0.2) is 4.39 Å². The number of nitrogens with one attached hydrogen (secondary N) is 1.